The predicted molar refractivity (Wildman–Crippen MR) is 59.6 cm³/mol. The number of hydrogen-bond donors (Lipinski definition) is 0. The van der Waals surface area contributed by atoms with Crippen molar-refractivity contribution >= 4 is 12.1 Å². The van der Waals surface area contributed by atoms with Crippen LogP contribution in [0, 0.1) is 0 Å². The number of amides is 1. The van der Waals surface area contributed by atoms with Crippen LogP contribution in [-0.4, -0.2) is 48.3 Å². The molecule has 0 aromatic heterocycles. The van der Waals surface area contributed by atoms with Crippen LogP contribution in [0.4, 0.5) is 4.79 Å². The summed E-state index contributed by atoms with van der Waals surface area (Å²) in [7, 11) is 1.31. The van der Waals surface area contributed by atoms with Crippen molar-refractivity contribution < 1.29 is 38.7 Å². The Balaban J connectivity index is 2.80. The van der Waals surface area contributed by atoms with E-state index in [1.165, 1.54) is 12.0 Å². The zero-order chi connectivity index (χ0) is 13.9. The minimum atomic E-state index is -0.603. The molecule has 0 bridgehead atoms. The molecular formula is C11H18N2O4Pt. The molecule has 6 nitrogen and oxygen atoms in total. The Kier molecular flexibility index (Phi) is 5.02. The second-order valence-electron chi connectivity index (χ2n) is 5.14. The average Bonchev–Trinajstić information content (AvgIpc) is 2.69. The monoisotopic (exact) mass is 437 g/mol. The van der Waals surface area contributed by atoms with Crippen molar-refractivity contribution in [1.82, 2.24) is 4.90 Å². The van der Waals surface area contributed by atoms with E-state index in [0.29, 0.717) is 13.0 Å². The second kappa shape index (κ2) is 5.91. The van der Waals surface area contributed by atoms with Gasteiger partial charge in [0.1, 0.15) is 0 Å². The van der Waals surface area contributed by atoms with E-state index in [1.54, 1.807) is 20.8 Å². The third-order valence-corrected chi connectivity index (χ3v) is 3.33. The van der Waals surface area contributed by atoms with Gasteiger partial charge in [-0.2, -0.15) is 0 Å². The molecule has 1 aliphatic heterocycles. The molecule has 18 heavy (non-hydrogen) atoms. The number of likely N-dealkylation sites (tertiary alicyclic amines) is 1. The van der Waals surface area contributed by atoms with Crippen LogP contribution in [0.5, 0.6) is 0 Å². The summed E-state index contributed by atoms with van der Waals surface area (Å²) in [4.78, 5) is 25.0. The first-order valence-electron chi connectivity index (χ1n) is 5.64. The van der Waals surface area contributed by atoms with Gasteiger partial charge in [-0.1, -0.05) is 0 Å². The Labute approximate surface area is 118 Å². The van der Waals surface area contributed by atoms with E-state index in [4.69, 9.17) is 9.47 Å². The van der Waals surface area contributed by atoms with Crippen molar-refractivity contribution in [3.05, 3.63) is 0 Å². The molecule has 0 N–H and O–H groups in total. The van der Waals surface area contributed by atoms with Crippen LogP contribution in [0.1, 0.15) is 27.2 Å². The van der Waals surface area contributed by atoms with Crippen molar-refractivity contribution in [2.75, 3.05) is 13.7 Å². The van der Waals surface area contributed by atoms with Gasteiger partial charge in [0.2, 0.25) is 0 Å². The molecule has 106 valence electrons. The van der Waals surface area contributed by atoms with Crippen molar-refractivity contribution in [3.8, 4) is 0 Å². The molecule has 0 aromatic rings. The van der Waals surface area contributed by atoms with Crippen molar-refractivity contribution in [3.63, 3.8) is 0 Å². The van der Waals surface area contributed by atoms with E-state index in [9.17, 15) is 9.59 Å². The van der Waals surface area contributed by atoms with E-state index in [2.05, 4.69) is 3.50 Å². The summed E-state index contributed by atoms with van der Waals surface area (Å²) in [6, 6.07) is -0.656. The number of carbonyl (C=O) groups is 2. The molecule has 0 spiro atoms. The molecule has 1 heterocycles. The molecular weight excluding hydrogens is 419 g/mol. The SMILES string of the molecule is COC(=O)C1CC([N]=[Pt])CN1C(=O)OC(C)(C)C. The van der Waals surface area contributed by atoms with Crippen LogP contribution in [0.25, 0.3) is 0 Å². The van der Waals surface area contributed by atoms with Crippen molar-refractivity contribution in [1.29, 1.82) is 0 Å². The quantitative estimate of drug-likeness (QED) is 0.611. The third-order valence-electron chi connectivity index (χ3n) is 2.50. The minimum absolute atomic E-state index is 0.0525. The van der Waals surface area contributed by atoms with Crippen LogP contribution in [0.2, 0.25) is 0 Å². The van der Waals surface area contributed by atoms with Crippen LogP contribution >= 0.6 is 0 Å². The molecule has 2 unspecified atom stereocenters. The van der Waals surface area contributed by atoms with Crippen LogP contribution < -0.4 is 0 Å². The van der Waals surface area contributed by atoms with E-state index >= 15 is 0 Å². The number of nitrogens with zero attached hydrogens (tertiary/aromatic N) is 2. The Hall–Kier alpha value is -0.772. The van der Waals surface area contributed by atoms with E-state index in [1.807, 2.05) is 19.6 Å². The number of ether oxygens (including phenoxy) is 2. The number of hydrogen-bond acceptors (Lipinski definition) is 5. The van der Waals surface area contributed by atoms with Gasteiger partial charge >= 0.3 is 118 Å². The standard InChI is InChI=1S/C11H18N2O4.Pt/c1-11(2,3)17-10(15)13-6-7(12)5-8(13)9(14)16-4;/h7-8H,5-6H2,1-4H3;. The first-order chi connectivity index (χ1) is 8.28. The van der Waals surface area contributed by atoms with Gasteiger partial charge in [0.25, 0.3) is 0 Å². The Morgan fingerprint density at radius 2 is 2.00 bits per heavy atom. The molecule has 1 fully saturated rings. The molecule has 0 radical (unpaired) electrons. The van der Waals surface area contributed by atoms with Gasteiger partial charge in [-0.05, 0) is 0 Å². The predicted octanol–water partition coefficient (Wildman–Crippen LogP) is 1.27. The van der Waals surface area contributed by atoms with E-state index < -0.39 is 23.7 Å². The molecule has 0 aromatic carbocycles. The molecule has 1 aliphatic rings. The summed E-state index contributed by atoms with van der Waals surface area (Å²) in [6.07, 6.45) is -0.0178. The Bertz CT molecular complexity index is 353. The number of carbonyl (C=O) groups excluding carboxylic acids is 2. The summed E-state index contributed by atoms with van der Waals surface area (Å²) in [5.74, 6) is -0.427. The summed E-state index contributed by atoms with van der Waals surface area (Å²) < 4.78 is 14.1. The van der Waals surface area contributed by atoms with Gasteiger partial charge in [0, 0.05) is 0 Å². The van der Waals surface area contributed by atoms with Gasteiger partial charge in [-0.25, -0.2) is 0 Å². The van der Waals surface area contributed by atoms with E-state index in [0.717, 1.165) is 0 Å². The topological polar surface area (TPSA) is 68.2 Å². The van der Waals surface area contributed by atoms with Gasteiger partial charge in [-0.15, -0.1) is 0 Å². The fourth-order valence-corrected chi connectivity index (χ4v) is 2.18. The summed E-state index contributed by atoms with van der Waals surface area (Å²) >= 11 is 1.88. The van der Waals surface area contributed by atoms with Crippen molar-refractivity contribution in [2.24, 2.45) is 3.50 Å². The van der Waals surface area contributed by atoms with Crippen molar-refractivity contribution in [2.45, 2.75) is 44.9 Å². The summed E-state index contributed by atoms with van der Waals surface area (Å²) in [5, 5.41) is 0. The third kappa shape index (κ3) is 3.87. The Morgan fingerprint density at radius 1 is 1.39 bits per heavy atom. The molecule has 7 heteroatoms. The summed E-state index contributed by atoms with van der Waals surface area (Å²) in [6.45, 7) is 5.75. The van der Waals surface area contributed by atoms with Gasteiger partial charge in [-0.3, -0.25) is 0 Å². The maximum absolute atomic E-state index is 12.0. The first-order valence-corrected chi connectivity index (χ1v) is 6.66. The average molecular weight is 437 g/mol. The van der Waals surface area contributed by atoms with E-state index in [-0.39, 0.29) is 6.04 Å². The molecule has 1 rings (SSSR count). The molecule has 1 amide bonds. The van der Waals surface area contributed by atoms with Gasteiger partial charge < -0.3 is 0 Å². The van der Waals surface area contributed by atoms with Crippen LogP contribution in [0.15, 0.2) is 3.50 Å². The Morgan fingerprint density at radius 3 is 2.44 bits per heavy atom. The van der Waals surface area contributed by atoms with Crippen LogP contribution in [0.3, 0.4) is 0 Å². The van der Waals surface area contributed by atoms with Gasteiger partial charge in [0.15, 0.2) is 0 Å². The molecule has 2 atom stereocenters. The maximum atomic E-state index is 12.0. The van der Waals surface area contributed by atoms with Gasteiger partial charge in [0.05, 0.1) is 0 Å². The van der Waals surface area contributed by atoms with Crippen LogP contribution in [-0.2, 0) is 33.9 Å². The fraction of sp³-hybridized carbons (Fsp3) is 0.818. The number of rotatable bonds is 2. The second-order valence-corrected chi connectivity index (χ2v) is 5.73. The number of esters is 1. The number of methoxy groups -OCH3 is 1. The zero-order valence-electron chi connectivity index (χ0n) is 10.9. The first kappa shape index (κ1) is 15.3. The molecule has 1 saturated heterocycles. The summed E-state index contributed by atoms with van der Waals surface area (Å²) in [5.41, 5.74) is -0.586. The normalized spacial score (nSPS) is 23.8. The fourth-order valence-electron chi connectivity index (χ4n) is 1.75. The molecule has 0 saturated carbocycles. The molecule has 0 aliphatic carbocycles. The zero-order valence-corrected chi connectivity index (χ0v) is 13.2.